The van der Waals surface area contributed by atoms with Crippen molar-refractivity contribution in [3.8, 4) is 0 Å². The van der Waals surface area contributed by atoms with Crippen LogP contribution in [0.1, 0.15) is 25.1 Å². The second kappa shape index (κ2) is 5.26. The van der Waals surface area contributed by atoms with Crippen molar-refractivity contribution in [3.63, 3.8) is 0 Å². The Labute approximate surface area is 98.6 Å². The lowest BCUT2D eigenvalue weighted by atomic mass is 10.0. The number of benzene rings is 2. The lowest BCUT2D eigenvalue weighted by molar-refractivity contribution is 0.0983. The van der Waals surface area contributed by atoms with E-state index in [0.29, 0.717) is 11.1 Å². The molecule has 1 heteroatoms. The molecule has 0 saturated heterocycles. The first-order valence-corrected chi connectivity index (χ1v) is 5.19. The quantitative estimate of drug-likeness (QED) is 0.709. The van der Waals surface area contributed by atoms with Gasteiger partial charge in [-0.2, -0.15) is 0 Å². The minimum Gasteiger partial charge on any atom is -0.294 e. The Morgan fingerprint density at radius 2 is 1.50 bits per heavy atom. The molecule has 0 amide bonds. The lowest BCUT2D eigenvalue weighted by Crippen LogP contribution is -2.00. The van der Waals surface area contributed by atoms with Crippen molar-refractivity contribution in [3.05, 3.63) is 71.8 Å². The van der Waals surface area contributed by atoms with Gasteiger partial charge in [0.2, 0.25) is 0 Å². The van der Waals surface area contributed by atoms with Crippen molar-refractivity contribution >= 4 is 5.78 Å². The van der Waals surface area contributed by atoms with E-state index in [1.54, 1.807) is 36.4 Å². The number of carbonyl (C=O) groups excluding carboxylic acids is 1. The molecule has 0 aliphatic carbocycles. The van der Waals surface area contributed by atoms with Crippen LogP contribution in [0.4, 0.5) is 0 Å². The van der Waals surface area contributed by atoms with Crippen molar-refractivity contribution < 1.29 is 7.54 Å². The Morgan fingerprint density at radius 3 is 2.12 bits per heavy atom. The zero-order valence-corrected chi connectivity index (χ0v) is 8.84. The summed E-state index contributed by atoms with van der Waals surface area (Å²) in [7, 11) is 0. The Balaban J connectivity index is 2.17. The minimum absolute atomic E-state index is 0.306. The highest BCUT2D eigenvalue weighted by Crippen LogP contribution is 2.07. The van der Waals surface area contributed by atoms with Crippen molar-refractivity contribution in [2.75, 3.05) is 0 Å². The summed E-state index contributed by atoms with van der Waals surface area (Å²) in [6.45, 7) is 0. The summed E-state index contributed by atoms with van der Waals surface area (Å²) >= 11 is 0. The predicted molar refractivity (Wildman–Crippen MR) is 65.5 cm³/mol. The molecule has 0 aliphatic rings. The van der Waals surface area contributed by atoms with Gasteiger partial charge in [0.1, 0.15) is 0 Å². The summed E-state index contributed by atoms with van der Waals surface area (Å²) in [6, 6.07) is 17.8. The van der Waals surface area contributed by atoms with Gasteiger partial charge >= 0.3 is 0 Å². The highest BCUT2D eigenvalue weighted by Gasteiger charge is 2.04. The topological polar surface area (TPSA) is 17.1 Å². The monoisotopic (exact) mass is 212 g/mol. The fourth-order valence-corrected chi connectivity index (χ4v) is 1.43. The zero-order chi connectivity index (χ0) is 13.0. The number of rotatable bonds is 4. The fourth-order valence-electron chi connectivity index (χ4n) is 1.43. The molecule has 0 aliphatic heterocycles. The molecule has 16 heavy (non-hydrogen) atoms. The third-order valence-electron chi connectivity index (χ3n) is 2.29. The Morgan fingerprint density at radius 1 is 0.938 bits per heavy atom. The molecule has 0 fully saturated rings. The van der Waals surface area contributed by atoms with Gasteiger partial charge in [-0.05, 0) is 12.0 Å². The van der Waals surface area contributed by atoms with E-state index in [0.717, 1.165) is 0 Å². The summed E-state index contributed by atoms with van der Waals surface area (Å²) in [5.74, 6) is -0.306. The Bertz CT molecular complexity index is 511. The van der Waals surface area contributed by atoms with Gasteiger partial charge in [0.15, 0.2) is 5.78 Å². The van der Waals surface area contributed by atoms with Crippen molar-refractivity contribution in [2.24, 2.45) is 0 Å². The number of carbonyl (C=O) groups is 1. The molecule has 0 heterocycles. The second-order valence-electron chi connectivity index (χ2n) is 3.47. The van der Waals surface area contributed by atoms with E-state index in [2.05, 4.69) is 0 Å². The number of hydrogen-bond donors (Lipinski definition) is 0. The van der Waals surface area contributed by atoms with Crippen LogP contribution in [-0.4, -0.2) is 5.78 Å². The maximum atomic E-state index is 12.1. The van der Waals surface area contributed by atoms with Gasteiger partial charge < -0.3 is 0 Å². The fraction of sp³-hybridized carbons (Fsp3) is 0.133. The molecule has 1 nitrogen and oxygen atoms in total. The predicted octanol–water partition coefficient (Wildman–Crippen LogP) is 3.50. The first-order valence-electron chi connectivity index (χ1n) is 6.34. The van der Waals surface area contributed by atoms with Crippen LogP contribution in [0.2, 0.25) is 0 Å². The first-order chi connectivity index (χ1) is 8.70. The smallest absolute Gasteiger partial charge is 0.163 e. The van der Waals surface area contributed by atoms with Crippen molar-refractivity contribution in [1.82, 2.24) is 0 Å². The van der Waals surface area contributed by atoms with E-state index >= 15 is 0 Å². The third kappa shape index (κ3) is 2.80. The molecule has 0 saturated carbocycles. The average molecular weight is 212 g/mol. The zero-order valence-electron chi connectivity index (χ0n) is 10.8. The normalized spacial score (nSPS) is 15.8. The van der Waals surface area contributed by atoms with Gasteiger partial charge in [-0.1, -0.05) is 60.7 Å². The summed E-state index contributed by atoms with van der Waals surface area (Å²) in [4.78, 5) is 12.1. The van der Waals surface area contributed by atoms with Gasteiger partial charge in [0, 0.05) is 14.7 Å². The highest BCUT2D eigenvalue weighted by molar-refractivity contribution is 5.96. The number of Topliss-reactive ketones (excluding diaryl/α,β-unsaturated/α-hetero) is 1. The van der Waals surface area contributed by atoms with Gasteiger partial charge in [0.05, 0.1) is 0 Å². The summed E-state index contributed by atoms with van der Waals surface area (Å²) in [5, 5.41) is 0. The second-order valence-corrected chi connectivity index (χ2v) is 3.47. The van der Waals surface area contributed by atoms with E-state index in [-0.39, 0.29) is 5.78 Å². The molecule has 2 atom stereocenters. The highest BCUT2D eigenvalue weighted by atomic mass is 16.1. The van der Waals surface area contributed by atoms with E-state index in [1.165, 1.54) is 0 Å². The van der Waals surface area contributed by atoms with Crippen LogP contribution in [0.15, 0.2) is 60.7 Å². The van der Waals surface area contributed by atoms with E-state index < -0.39 is 12.8 Å². The molecule has 2 aromatic rings. The van der Waals surface area contributed by atoms with Gasteiger partial charge in [0.25, 0.3) is 0 Å². The van der Waals surface area contributed by atoms with Gasteiger partial charge in [-0.25, -0.2) is 0 Å². The molecule has 2 aromatic carbocycles. The summed E-state index contributed by atoms with van der Waals surface area (Å²) in [5.41, 5.74) is 1.19. The molecule has 0 N–H and O–H groups in total. The van der Waals surface area contributed by atoms with E-state index in [4.69, 9.17) is 2.74 Å². The minimum atomic E-state index is -1.09. The molecule has 2 rings (SSSR count). The maximum Gasteiger partial charge on any atom is 0.163 e. The van der Waals surface area contributed by atoms with E-state index in [1.807, 2.05) is 24.3 Å². The third-order valence-corrected chi connectivity index (χ3v) is 2.29. The lowest BCUT2D eigenvalue weighted by Gasteiger charge is -2.01. The average Bonchev–Trinajstić information content (AvgIpc) is 2.47. The Hall–Kier alpha value is -1.89. The van der Waals surface area contributed by atoms with Gasteiger partial charge in [-0.3, -0.25) is 4.79 Å². The summed E-state index contributed by atoms with van der Waals surface area (Å²) < 4.78 is 15.9. The SMILES string of the molecule is [2H]C(C(=O)c1ccccc1)C([2H])c1ccccc1. The largest absolute Gasteiger partial charge is 0.294 e. The van der Waals surface area contributed by atoms with Crippen molar-refractivity contribution in [1.29, 1.82) is 0 Å². The van der Waals surface area contributed by atoms with Crippen molar-refractivity contribution in [2.45, 2.75) is 12.8 Å². The number of ketones is 1. The summed E-state index contributed by atoms with van der Waals surface area (Å²) in [6.07, 6.45) is -1.94. The van der Waals surface area contributed by atoms with Crippen LogP contribution in [0.25, 0.3) is 0 Å². The molecular weight excluding hydrogens is 196 g/mol. The van der Waals surface area contributed by atoms with Crippen LogP contribution >= 0.6 is 0 Å². The van der Waals surface area contributed by atoms with E-state index in [9.17, 15) is 4.79 Å². The molecule has 0 aromatic heterocycles. The number of hydrogen-bond acceptors (Lipinski definition) is 1. The van der Waals surface area contributed by atoms with Crippen LogP contribution < -0.4 is 0 Å². The van der Waals surface area contributed by atoms with Crippen LogP contribution in [-0.2, 0) is 6.40 Å². The molecule has 0 spiro atoms. The van der Waals surface area contributed by atoms with Crippen LogP contribution in [0, 0.1) is 0 Å². The van der Waals surface area contributed by atoms with Crippen LogP contribution in [0.3, 0.4) is 0 Å². The first kappa shape index (κ1) is 8.28. The molecule has 80 valence electrons. The Kier molecular flexibility index (Phi) is 2.73. The molecule has 2 unspecified atom stereocenters. The maximum absolute atomic E-state index is 12.1. The molecule has 0 bridgehead atoms. The van der Waals surface area contributed by atoms with Gasteiger partial charge in [-0.15, -0.1) is 0 Å². The molecular formula is C15H14O. The molecule has 0 radical (unpaired) electrons. The standard InChI is InChI=1S/C15H14O/c16-15(14-9-5-2-6-10-14)12-11-13-7-3-1-4-8-13/h1-10H,11-12H2/i11D,12D. The van der Waals surface area contributed by atoms with Crippen LogP contribution in [0.5, 0.6) is 0 Å². The number of aryl methyl sites for hydroxylation is 1.